The molecule has 0 aliphatic rings. The molecule has 0 N–H and O–H groups in total. The summed E-state index contributed by atoms with van der Waals surface area (Å²) in [4.78, 5) is 28.5. The molecule has 0 spiro atoms. The predicted octanol–water partition coefficient (Wildman–Crippen LogP) is 3.19. The van der Waals surface area contributed by atoms with Gasteiger partial charge in [-0.1, -0.05) is 36.9 Å². The minimum absolute atomic E-state index is 0.214. The molecule has 0 unspecified atom stereocenters. The Morgan fingerprint density at radius 2 is 2.05 bits per heavy atom. The van der Waals surface area contributed by atoms with Crippen molar-refractivity contribution in [3.8, 4) is 0 Å². The number of hydrogen-bond acceptors (Lipinski definition) is 5. The molecule has 0 radical (unpaired) electrons. The lowest BCUT2D eigenvalue weighted by molar-refractivity contribution is 0.0531. The fourth-order valence-corrected chi connectivity index (χ4v) is 2.55. The highest BCUT2D eigenvalue weighted by molar-refractivity contribution is 7.15. The fraction of sp³-hybridized carbons (Fsp3) is 0.133. The van der Waals surface area contributed by atoms with E-state index in [9.17, 15) is 9.59 Å². The van der Waals surface area contributed by atoms with E-state index in [1.54, 1.807) is 31.2 Å². The molecule has 1 heterocycles. The predicted molar refractivity (Wildman–Crippen MR) is 78.0 cm³/mol. The van der Waals surface area contributed by atoms with Crippen LogP contribution in [-0.4, -0.2) is 23.3 Å². The molecular weight excluding hydrogens is 274 g/mol. The van der Waals surface area contributed by atoms with Gasteiger partial charge in [-0.25, -0.2) is 9.78 Å². The van der Waals surface area contributed by atoms with E-state index in [0.717, 1.165) is 11.3 Å². The molecule has 2 aromatic rings. The van der Waals surface area contributed by atoms with Gasteiger partial charge in [0.05, 0.1) is 12.3 Å². The van der Waals surface area contributed by atoms with Crippen molar-refractivity contribution in [1.29, 1.82) is 0 Å². The molecule has 0 aliphatic heterocycles. The van der Waals surface area contributed by atoms with Gasteiger partial charge in [0.2, 0.25) is 5.78 Å². The Bertz CT molecular complexity index is 646. The first-order valence-electron chi connectivity index (χ1n) is 6.07. The van der Waals surface area contributed by atoms with Gasteiger partial charge in [0.25, 0.3) is 0 Å². The molecular formula is C15H13NO3S. The molecule has 0 atom stereocenters. The summed E-state index contributed by atoms with van der Waals surface area (Å²) in [7, 11) is 0. The first kappa shape index (κ1) is 14.1. The van der Waals surface area contributed by atoms with Gasteiger partial charge in [-0.15, -0.1) is 11.3 Å². The van der Waals surface area contributed by atoms with Crippen molar-refractivity contribution in [2.45, 2.75) is 6.92 Å². The molecule has 0 bridgehead atoms. The van der Waals surface area contributed by atoms with Gasteiger partial charge in [-0.3, -0.25) is 4.79 Å². The lowest BCUT2D eigenvalue weighted by atomic mass is 10.1. The lowest BCUT2D eigenvalue weighted by Gasteiger charge is -1.98. The SMILES string of the molecule is C=Cc1nc(C(=O)c2ccccc2)sc1C(=O)OCC. The van der Waals surface area contributed by atoms with E-state index in [0.29, 0.717) is 16.1 Å². The summed E-state index contributed by atoms with van der Waals surface area (Å²) in [5.41, 5.74) is 0.917. The molecule has 0 aliphatic carbocycles. The third-order valence-corrected chi connectivity index (χ3v) is 3.59. The molecule has 20 heavy (non-hydrogen) atoms. The van der Waals surface area contributed by atoms with E-state index < -0.39 is 5.97 Å². The van der Waals surface area contributed by atoms with Gasteiger partial charge in [-0.05, 0) is 13.0 Å². The second-order valence-corrected chi connectivity index (χ2v) is 4.85. The number of carbonyl (C=O) groups excluding carboxylic acids is 2. The fourth-order valence-electron chi connectivity index (χ4n) is 1.62. The maximum Gasteiger partial charge on any atom is 0.350 e. The van der Waals surface area contributed by atoms with Crippen molar-refractivity contribution in [2.24, 2.45) is 0 Å². The van der Waals surface area contributed by atoms with Crippen molar-refractivity contribution in [3.05, 3.63) is 58.1 Å². The highest BCUT2D eigenvalue weighted by Crippen LogP contribution is 2.23. The molecule has 4 nitrogen and oxygen atoms in total. The zero-order valence-electron chi connectivity index (χ0n) is 11.0. The zero-order chi connectivity index (χ0) is 14.5. The molecule has 2 rings (SSSR count). The van der Waals surface area contributed by atoms with Gasteiger partial charge >= 0.3 is 5.97 Å². The third kappa shape index (κ3) is 2.83. The normalized spacial score (nSPS) is 10.1. The van der Waals surface area contributed by atoms with Crippen LogP contribution in [0.5, 0.6) is 0 Å². The summed E-state index contributed by atoms with van der Waals surface area (Å²) < 4.78 is 4.94. The number of carbonyl (C=O) groups is 2. The van der Waals surface area contributed by atoms with E-state index in [2.05, 4.69) is 11.6 Å². The molecule has 1 aromatic carbocycles. The number of ether oxygens (including phenoxy) is 1. The van der Waals surface area contributed by atoms with Crippen molar-refractivity contribution in [2.75, 3.05) is 6.61 Å². The van der Waals surface area contributed by atoms with E-state index in [4.69, 9.17) is 4.74 Å². The van der Waals surface area contributed by atoms with Crippen LogP contribution in [0.4, 0.5) is 0 Å². The van der Waals surface area contributed by atoms with Crippen LogP contribution in [0.25, 0.3) is 6.08 Å². The Labute approximate surface area is 120 Å². The van der Waals surface area contributed by atoms with Crippen LogP contribution in [-0.2, 0) is 4.74 Å². The molecule has 0 amide bonds. The van der Waals surface area contributed by atoms with Gasteiger partial charge in [0.1, 0.15) is 4.88 Å². The van der Waals surface area contributed by atoms with Gasteiger partial charge in [0.15, 0.2) is 5.01 Å². The largest absolute Gasteiger partial charge is 0.462 e. The van der Waals surface area contributed by atoms with Crippen LogP contribution < -0.4 is 0 Å². The summed E-state index contributed by atoms with van der Waals surface area (Å²) in [5, 5.41) is 0.258. The van der Waals surface area contributed by atoms with Crippen LogP contribution in [0.3, 0.4) is 0 Å². The number of rotatable bonds is 5. The number of nitrogens with zero attached hydrogens (tertiary/aromatic N) is 1. The Balaban J connectivity index is 2.37. The van der Waals surface area contributed by atoms with Crippen molar-refractivity contribution in [3.63, 3.8) is 0 Å². The Morgan fingerprint density at radius 3 is 2.65 bits per heavy atom. The maximum absolute atomic E-state index is 12.3. The third-order valence-electron chi connectivity index (χ3n) is 2.54. The van der Waals surface area contributed by atoms with Gasteiger partial charge < -0.3 is 4.74 Å². The number of benzene rings is 1. The molecule has 5 heteroatoms. The molecule has 0 saturated carbocycles. The number of hydrogen-bond donors (Lipinski definition) is 0. The highest BCUT2D eigenvalue weighted by Gasteiger charge is 2.21. The standard InChI is InChI=1S/C15H13NO3S/c1-3-11-13(15(18)19-4-2)20-14(16-11)12(17)10-8-6-5-7-9-10/h3,5-9H,1,4H2,2H3. The first-order chi connectivity index (χ1) is 9.67. The average molecular weight is 287 g/mol. The molecule has 102 valence electrons. The van der Waals surface area contributed by atoms with Crippen LogP contribution in [0.2, 0.25) is 0 Å². The van der Waals surface area contributed by atoms with Crippen LogP contribution >= 0.6 is 11.3 Å². The minimum Gasteiger partial charge on any atom is -0.462 e. The van der Waals surface area contributed by atoms with E-state index in [1.165, 1.54) is 6.08 Å². The summed E-state index contributed by atoms with van der Waals surface area (Å²) in [6, 6.07) is 8.81. The van der Waals surface area contributed by atoms with Crippen molar-refractivity contribution >= 4 is 29.2 Å². The second kappa shape index (κ2) is 6.25. The van der Waals surface area contributed by atoms with Crippen LogP contribution in [0, 0.1) is 0 Å². The Morgan fingerprint density at radius 1 is 1.35 bits per heavy atom. The summed E-state index contributed by atoms with van der Waals surface area (Å²) >= 11 is 1.03. The number of esters is 1. The maximum atomic E-state index is 12.3. The highest BCUT2D eigenvalue weighted by atomic mass is 32.1. The second-order valence-electron chi connectivity index (χ2n) is 3.85. The number of ketones is 1. The number of aromatic nitrogens is 1. The Hall–Kier alpha value is -2.27. The monoisotopic (exact) mass is 287 g/mol. The van der Waals surface area contributed by atoms with Crippen molar-refractivity contribution in [1.82, 2.24) is 4.98 Å². The molecule has 0 saturated heterocycles. The smallest absolute Gasteiger partial charge is 0.350 e. The molecule has 0 fully saturated rings. The van der Waals surface area contributed by atoms with E-state index in [1.807, 2.05) is 6.07 Å². The average Bonchev–Trinajstić information content (AvgIpc) is 2.92. The van der Waals surface area contributed by atoms with Crippen LogP contribution in [0.15, 0.2) is 36.9 Å². The summed E-state index contributed by atoms with van der Waals surface area (Å²) in [6.07, 6.45) is 1.45. The van der Waals surface area contributed by atoms with Gasteiger partial charge in [0, 0.05) is 5.56 Å². The van der Waals surface area contributed by atoms with Crippen LogP contribution in [0.1, 0.15) is 37.7 Å². The molecule has 1 aromatic heterocycles. The summed E-state index contributed by atoms with van der Waals surface area (Å²) in [5.74, 6) is -0.693. The minimum atomic E-state index is -0.480. The number of thiazole rings is 1. The first-order valence-corrected chi connectivity index (χ1v) is 6.89. The lowest BCUT2D eigenvalue weighted by Crippen LogP contribution is -2.03. The quantitative estimate of drug-likeness (QED) is 0.626. The van der Waals surface area contributed by atoms with Gasteiger partial charge in [-0.2, -0.15) is 0 Å². The van der Waals surface area contributed by atoms with E-state index in [-0.39, 0.29) is 17.4 Å². The van der Waals surface area contributed by atoms with Crippen molar-refractivity contribution < 1.29 is 14.3 Å². The zero-order valence-corrected chi connectivity index (χ0v) is 11.8. The Kier molecular flexibility index (Phi) is 4.42. The van der Waals surface area contributed by atoms with E-state index >= 15 is 0 Å². The summed E-state index contributed by atoms with van der Waals surface area (Å²) in [6.45, 7) is 5.60. The topological polar surface area (TPSA) is 56.3 Å².